The monoisotopic (exact) mass is 299 g/mol. The van der Waals surface area contributed by atoms with Crippen LogP contribution in [0.5, 0.6) is 0 Å². The lowest BCUT2D eigenvalue weighted by atomic mass is 10.1. The van der Waals surface area contributed by atoms with Gasteiger partial charge < -0.3 is 5.32 Å². The summed E-state index contributed by atoms with van der Waals surface area (Å²) in [5.74, 6) is 0.553. The van der Waals surface area contributed by atoms with E-state index in [1.807, 2.05) is 0 Å². The molecular formula is C13H12F3N3S. The van der Waals surface area contributed by atoms with Crippen molar-refractivity contribution in [3.8, 4) is 0 Å². The normalized spacial score (nSPS) is 15.3. The molecule has 0 bridgehead atoms. The van der Waals surface area contributed by atoms with E-state index < -0.39 is 11.7 Å². The summed E-state index contributed by atoms with van der Waals surface area (Å²) in [7, 11) is 0. The predicted molar refractivity (Wildman–Crippen MR) is 70.8 cm³/mol. The summed E-state index contributed by atoms with van der Waals surface area (Å²) in [6, 6.07) is 5.77. The SMILES string of the molecule is FC(F)(F)c1cccc(Cc2nsc(NC3CC3)n2)c1. The van der Waals surface area contributed by atoms with Gasteiger partial charge in [-0.05, 0) is 24.5 Å². The van der Waals surface area contributed by atoms with Crippen LogP contribution in [0.15, 0.2) is 24.3 Å². The first-order valence-electron chi connectivity index (χ1n) is 6.26. The minimum atomic E-state index is -4.32. The maximum atomic E-state index is 12.6. The molecule has 1 heterocycles. The Morgan fingerprint density at radius 2 is 2.10 bits per heavy atom. The standard InChI is InChI=1S/C13H12F3N3S/c14-13(15,16)9-3-1-2-8(6-9)7-11-18-12(20-19-11)17-10-4-5-10/h1-3,6,10H,4-5,7H2,(H,17,18,19). The maximum Gasteiger partial charge on any atom is 0.416 e. The van der Waals surface area contributed by atoms with Crippen molar-refractivity contribution < 1.29 is 13.2 Å². The molecule has 0 unspecified atom stereocenters. The van der Waals surface area contributed by atoms with E-state index in [9.17, 15) is 13.2 Å². The zero-order valence-corrected chi connectivity index (χ0v) is 11.3. The fourth-order valence-electron chi connectivity index (χ4n) is 1.83. The molecule has 0 aliphatic heterocycles. The van der Waals surface area contributed by atoms with Gasteiger partial charge in [-0.1, -0.05) is 18.2 Å². The van der Waals surface area contributed by atoms with E-state index in [2.05, 4.69) is 14.7 Å². The topological polar surface area (TPSA) is 37.8 Å². The Bertz CT molecular complexity index is 605. The van der Waals surface area contributed by atoms with E-state index in [-0.39, 0.29) is 0 Å². The zero-order chi connectivity index (χ0) is 14.2. The van der Waals surface area contributed by atoms with Crippen LogP contribution < -0.4 is 5.32 Å². The van der Waals surface area contributed by atoms with Crippen LogP contribution in [0.1, 0.15) is 29.8 Å². The van der Waals surface area contributed by atoms with Gasteiger partial charge in [0, 0.05) is 24.0 Å². The van der Waals surface area contributed by atoms with Gasteiger partial charge in [-0.2, -0.15) is 17.5 Å². The Hall–Kier alpha value is -1.63. The van der Waals surface area contributed by atoms with Crippen LogP contribution in [0.3, 0.4) is 0 Å². The number of hydrogen-bond acceptors (Lipinski definition) is 4. The van der Waals surface area contributed by atoms with Gasteiger partial charge in [0.15, 0.2) is 0 Å². The van der Waals surface area contributed by atoms with Crippen LogP contribution >= 0.6 is 11.5 Å². The molecule has 0 saturated heterocycles. The summed E-state index contributed by atoms with van der Waals surface area (Å²) in [5.41, 5.74) is -0.0721. The largest absolute Gasteiger partial charge is 0.416 e. The number of anilines is 1. The molecule has 20 heavy (non-hydrogen) atoms. The maximum absolute atomic E-state index is 12.6. The van der Waals surface area contributed by atoms with Gasteiger partial charge in [-0.25, -0.2) is 4.98 Å². The molecule has 106 valence electrons. The first kappa shape index (κ1) is 13.4. The zero-order valence-electron chi connectivity index (χ0n) is 10.4. The van der Waals surface area contributed by atoms with Crippen LogP contribution in [-0.2, 0) is 12.6 Å². The van der Waals surface area contributed by atoms with E-state index in [0.29, 0.717) is 23.9 Å². The quantitative estimate of drug-likeness (QED) is 0.935. The second kappa shape index (κ2) is 5.05. The number of rotatable bonds is 4. The van der Waals surface area contributed by atoms with E-state index in [4.69, 9.17) is 0 Å². The summed E-state index contributed by atoms with van der Waals surface area (Å²) in [6.07, 6.45) is -1.72. The molecule has 0 atom stereocenters. The molecule has 2 aromatic rings. The van der Waals surface area contributed by atoms with Crippen molar-refractivity contribution in [1.29, 1.82) is 0 Å². The van der Waals surface area contributed by atoms with E-state index in [1.54, 1.807) is 6.07 Å². The highest BCUT2D eigenvalue weighted by Crippen LogP contribution is 2.30. The smallest absolute Gasteiger partial charge is 0.358 e. The molecule has 3 nitrogen and oxygen atoms in total. The Labute approximate surface area is 118 Å². The molecule has 1 N–H and O–H groups in total. The summed E-state index contributed by atoms with van der Waals surface area (Å²) >= 11 is 1.25. The summed E-state index contributed by atoms with van der Waals surface area (Å²) < 4.78 is 42.0. The molecule has 1 aliphatic rings. The first-order chi connectivity index (χ1) is 9.50. The fraction of sp³-hybridized carbons (Fsp3) is 0.385. The summed E-state index contributed by atoms with van der Waals surface area (Å²) in [6.45, 7) is 0. The highest BCUT2D eigenvalue weighted by molar-refractivity contribution is 7.09. The highest BCUT2D eigenvalue weighted by atomic mass is 32.1. The summed E-state index contributed by atoms with van der Waals surface area (Å²) in [4.78, 5) is 4.29. The van der Waals surface area contributed by atoms with Crippen molar-refractivity contribution in [2.24, 2.45) is 0 Å². The molecule has 1 fully saturated rings. The fourth-order valence-corrected chi connectivity index (χ4v) is 2.49. The van der Waals surface area contributed by atoms with Gasteiger partial charge in [-0.15, -0.1) is 0 Å². The second-order valence-electron chi connectivity index (χ2n) is 4.81. The van der Waals surface area contributed by atoms with E-state index >= 15 is 0 Å². The van der Waals surface area contributed by atoms with Gasteiger partial charge in [0.1, 0.15) is 5.82 Å². The molecule has 7 heteroatoms. The van der Waals surface area contributed by atoms with Crippen LogP contribution in [0, 0.1) is 0 Å². The Morgan fingerprint density at radius 3 is 2.80 bits per heavy atom. The minimum Gasteiger partial charge on any atom is -0.358 e. The molecule has 1 aromatic carbocycles. The average molecular weight is 299 g/mol. The Kier molecular flexibility index (Phi) is 3.37. The predicted octanol–water partition coefficient (Wildman–Crippen LogP) is 3.72. The van der Waals surface area contributed by atoms with Gasteiger partial charge in [0.05, 0.1) is 5.56 Å². The summed E-state index contributed by atoms with van der Waals surface area (Å²) in [5, 5.41) is 3.97. The number of nitrogens with one attached hydrogen (secondary N) is 1. The molecule has 3 rings (SSSR count). The number of benzene rings is 1. The third kappa shape index (κ3) is 3.27. The van der Waals surface area contributed by atoms with Crippen molar-refractivity contribution in [3.63, 3.8) is 0 Å². The Morgan fingerprint density at radius 1 is 1.30 bits per heavy atom. The lowest BCUT2D eigenvalue weighted by Crippen LogP contribution is -2.05. The van der Waals surface area contributed by atoms with Crippen molar-refractivity contribution >= 4 is 16.7 Å². The Balaban J connectivity index is 1.71. The third-order valence-electron chi connectivity index (χ3n) is 2.99. The molecule has 1 aliphatic carbocycles. The minimum absolute atomic E-state index is 0.312. The molecule has 0 amide bonds. The van der Waals surface area contributed by atoms with Gasteiger partial charge in [0.25, 0.3) is 0 Å². The van der Waals surface area contributed by atoms with Gasteiger partial charge >= 0.3 is 6.18 Å². The highest BCUT2D eigenvalue weighted by Gasteiger charge is 2.30. The molecular weight excluding hydrogens is 287 g/mol. The second-order valence-corrected chi connectivity index (χ2v) is 5.56. The lowest BCUT2D eigenvalue weighted by Gasteiger charge is -2.07. The number of halogens is 3. The molecule has 1 aromatic heterocycles. The lowest BCUT2D eigenvalue weighted by molar-refractivity contribution is -0.137. The van der Waals surface area contributed by atoms with Crippen molar-refractivity contribution in [2.45, 2.75) is 31.5 Å². The van der Waals surface area contributed by atoms with Crippen LogP contribution in [0.4, 0.5) is 18.3 Å². The molecule has 1 saturated carbocycles. The van der Waals surface area contributed by atoms with Crippen molar-refractivity contribution in [2.75, 3.05) is 5.32 Å². The molecule has 0 radical (unpaired) electrons. The molecule has 0 spiro atoms. The van der Waals surface area contributed by atoms with Crippen LogP contribution in [0.2, 0.25) is 0 Å². The number of hydrogen-bond donors (Lipinski definition) is 1. The number of aromatic nitrogens is 2. The number of nitrogens with zero attached hydrogens (tertiary/aromatic N) is 2. The third-order valence-corrected chi connectivity index (χ3v) is 3.67. The number of alkyl halides is 3. The van der Waals surface area contributed by atoms with Crippen LogP contribution in [-0.4, -0.2) is 15.4 Å². The average Bonchev–Trinajstić information content (AvgIpc) is 3.09. The van der Waals surface area contributed by atoms with Gasteiger partial charge in [0.2, 0.25) is 5.13 Å². The van der Waals surface area contributed by atoms with Crippen LogP contribution in [0.25, 0.3) is 0 Å². The van der Waals surface area contributed by atoms with Crippen molar-refractivity contribution in [3.05, 3.63) is 41.2 Å². The van der Waals surface area contributed by atoms with Gasteiger partial charge in [-0.3, -0.25) is 0 Å². The van der Waals surface area contributed by atoms with E-state index in [0.717, 1.165) is 30.1 Å². The first-order valence-corrected chi connectivity index (χ1v) is 7.03. The van der Waals surface area contributed by atoms with Crippen molar-refractivity contribution in [1.82, 2.24) is 9.36 Å². The van der Waals surface area contributed by atoms with E-state index in [1.165, 1.54) is 17.6 Å².